The van der Waals surface area contributed by atoms with E-state index in [-0.39, 0.29) is 31.1 Å². The third-order valence-corrected chi connectivity index (χ3v) is 14.6. The molecule has 1 unspecified atom stereocenters. The lowest BCUT2D eigenvalue weighted by molar-refractivity contribution is -0.167. The summed E-state index contributed by atoms with van der Waals surface area (Å²) in [5.41, 5.74) is 0. The average molecular weight is 1030 g/mol. The van der Waals surface area contributed by atoms with Gasteiger partial charge in [0.15, 0.2) is 6.10 Å². The van der Waals surface area contributed by atoms with Gasteiger partial charge in [-0.3, -0.25) is 14.4 Å². The minimum atomic E-state index is -0.770. The molecule has 0 heterocycles. The number of allylic oxidation sites excluding steroid dienone is 6. The summed E-state index contributed by atoms with van der Waals surface area (Å²) >= 11 is 0. The van der Waals surface area contributed by atoms with Crippen LogP contribution in [-0.4, -0.2) is 37.2 Å². The lowest BCUT2D eigenvalue weighted by Gasteiger charge is -2.18. The lowest BCUT2D eigenvalue weighted by atomic mass is 10.0. The van der Waals surface area contributed by atoms with E-state index < -0.39 is 6.10 Å². The summed E-state index contributed by atoms with van der Waals surface area (Å²) in [6, 6.07) is 0. The van der Waals surface area contributed by atoms with E-state index >= 15 is 0 Å². The zero-order valence-electron chi connectivity index (χ0n) is 49.2. The third kappa shape index (κ3) is 60.4. The van der Waals surface area contributed by atoms with Gasteiger partial charge in [-0.25, -0.2) is 0 Å². The Balaban J connectivity index is 3.98. The van der Waals surface area contributed by atoms with Crippen LogP contribution in [0.1, 0.15) is 355 Å². The molecule has 6 heteroatoms. The Labute approximate surface area is 455 Å². The predicted octanol–water partition coefficient (Wildman–Crippen LogP) is 22.0. The van der Waals surface area contributed by atoms with Crippen molar-refractivity contribution in [1.29, 1.82) is 0 Å². The Bertz CT molecular complexity index is 1220. The molecule has 0 N–H and O–H groups in total. The first-order valence-corrected chi connectivity index (χ1v) is 32.5. The second kappa shape index (κ2) is 62.2. The van der Waals surface area contributed by atoms with Gasteiger partial charge in [0.2, 0.25) is 0 Å². The van der Waals surface area contributed by atoms with Crippen LogP contribution in [0, 0.1) is 0 Å². The molecule has 0 aliphatic carbocycles. The Morgan fingerprint density at radius 2 is 0.507 bits per heavy atom. The Hall–Kier alpha value is -2.37. The standard InChI is InChI=1S/C67H124O6/c1-4-7-10-13-16-19-22-23-24-25-26-27-28-29-30-31-32-33-34-35-36-37-38-39-40-41-42-43-46-48-51-54-57-60-66(69)72-63-64(73-67(70)61-58-55-52-49-45-21-18-15-12-9-6-3)62-71-65(68)59-56-53-50-47-44-20-17-14-11-8-5-2/h15,18,22-23,25-26,64H,4-14,16-17,19-21,24,27-63H2,1-3H3/b18-15-,23-22-,26-25-. The molecule has 0 bridgehead atoms. The van der Waals surface area contributed by atoms with Crippen molar-refractivity contribution in [2.45, 2.75) is 361 Å². The van der Waals surface area contributed by atoms with Crippen LogP contribution in [0.2, 0.25) is 0 Å². The lowest BCUT2D eigenvalue weighted by Crippen LogP contribution is -2.30. The van der Waals surface area contributed by atoms with Crippen molar-refractivity contribution in [1.82, 2.24) is 0 Å². The normalized spacial score (nSPS) is 12.2. The fraction of sp³-hybridized carbons (Fsp3) is 0.866. The van der Waals surface area contributed by atoms with Crippen LogP contribution in [0.5, 0.6) is 0 Å². The zero-order chi connectivity index (χ0) is 52.9. The molecule has 0 aliphatic rings. The highest BCUT2D eigenvalue weighted by Crippen LogP contribution is 2.18. The van der Waals surface area contributed by atoms with Crippen molar-refractivity contribution in [3.63, 3.8) is 0 Å². The van der Waals surface area contributed by atoms with Crippen molar-refractivity contribution in [2.75, 3.05) is 13.2 Å². The minimum Gasteiger partial charge on any atom is -0.462 e. The van der Waals surface area contributed by atoms with E-state index in [0.29, 0.717) is 19.3 Å². The molecule has 428 valence electrons. The van der Waals surface area contributed by atoms with Crippen LogP contribution in [0.15, 0.2) is 36.5 Å². The Morgan fingerprint density at radius 1 is 0.274 bits per heavy atom. The van der Waals surface area contributed by atoms with Gasteiger partial charge in [0.25, 0.3) is 0 Å². The number of carbonyl (C=O) groups is 3. The average Bonchev–Trinajstić information content (AvgIpc) is 3.39. The fourth-order valence-electron chi connectivity index (χ4n) is 9.69. The Kier molecular flexibility index (Phi) is 60.2. The van der Waals surface area contributed by atoms with Gasteiger partial charge in [0.1, 0.15) is 13.2 Å². The van der Waals surface area contributed by atoms with Crippen molar-refractivity contribution in [3.8, 4) is 0 Å². The van der Waals surface area contributed by atoms with Crippen LogP contribution in [0.25, 0.3) is 0 Å². The van der Waals surface area contributed by atoms with Crippen LogP contribution < -0.4 is 0 Å². The third-order valence-electron chi connectivity index (χ3n) is 14.6. The van der Waals surface area contributed by atoms with Crippen LogP contribution >= 0.6 is 0 Å². The number of unbranched alkanes of at least 4 members (excludes halogenated alkanes) is 43. The van der Waals surface area contributed by atoms with E-state index in [9.17, 15) is 14.4 Å². The SMILES string of the molecule is CCCC/C=C\CCCCCCCC(=O)OC(COC(=O)CCCCCCCCCCCCC)COC(=O)CCCCCCCCCCCCCCCCCCCCCCC/C=C\C/C=C\CCCCCCC. The molecule has 0 aromatic heterocycles. The molecular formula is C67H124O6. The first-order valence-electron chi connectivity index (χ1n) is 32.5. The van der Waals surface area contributed by atoms with Crippen molar-refractivity contribution >= 4 is 17.9 Å². The molecule has 0 aliphatic heterocycles. The number of carbonyl (C=O) groups excluding carboxylic acids is 3. The van der Waals surface area contributed by atoms with E-state index in [2.05, 4.69) is 57.2 Å². The topological polar surface area (TPSA) is 78.9 Å². The maximum Gasteiger partial charge on any atom is 0.306 e. The molecule has 73 heavy (non-hydrogen) atoms. The fourth-order valence-corrected chi connectivity index (χ4v) is 9.69. The quantitative estimate of drug-likeness (QED) is 0.0261. The molecule has 0 aromatic carbocycles. The van der Waals surface area contributed by atoms with Crippen LogP contribution in [-0.2, 0) is 28.6 Å². The van der Waals surface area contributed by atoms with Crippen LogP contribution in [0.4, 0.5) is 0 Å². The number of hydrogen-bond donors (Lipinski definition) is 0. The summed E-state index contributed by atoms with van der Waals surface area (Å²) in [5.74, 6) is -0.861. The van der Waals surface area contributed by atoms with Gasteiger partial charge < -0.3 is 14.2 Å². The molecule has 0 spiro atoms. The van der Waals surface area contributed by atoms with E-state index in [1.165, 1.54) is 244 Å². The van der Waals surface area contributed by atoms with Gasteiger partial charge in [0, 0.05) is 19.3 Å². The number of ether oxygens (including phenoxy) is 3. The zero-order valence-corrected chi connectivity index (χ0v) is 49.2. The van der Waals surface area contributed by atoms with Gasteiger partial charge in [-0.1, -0.05) is 301 Å². The van der Waals surface area contributed by atoms with E-state index in [4.69, 9.17) is 14.2 Å². The smallest absolute Gasteiger partial charge is 0.306 e. The molecule has 0 rings (SSSR count). The van der Waals surface area contributed by atoms with Crippen molar-refractivity contribution in [2.24, 2.45) is 0 Å². The first kappa shape index (κ1) is 70.6. The second-order valence-corrected chi connectivity index (χ2v) is 22.0. The number of esters is 3. The Morgan fingerprint density at radius 3 is 0.808 bits per heavy atom. The number of hydrogen-bond acceptors (Lipinski definition) is 6. The molecule has 0 amide bonds. The summed E-state index contributed by atoms with van der Waals surface area (Å²) in [5, 5.41) is 0. The summed E-state index contributed by atoms with van der Waals surface area (Å²) in [4.78, 5) is 38.1. The summed E-state index contributed by atoms with van der Waals surface area (Å²) in [6.07, 6.45) is 76.2. The van der Waals surface area contributed by atoms with Crippen molar-refractivity contribution in [3.05, 3.63) is 36.5 Å². The highest BCUT2D eigenvalue weighted by Gasteiger charge is 2.19. The molecule has 1 atom stereocenters. The maximum absolute atomic E-state index is 12.8. The first-order chi connectivity index (χ1) is 36.0. The molecule has 0 saturated heterocycles. The van der Waals surface area contributed by atoms with Crippen LogP contribution in [0.3, 0.4) is 0 Å². The summed E-state index contributed by atoms with van der Waals surface area (Å²) in [6.45, 7) is 6.62. The van der Waals surface area contributed by atoms with Crippen molar-refractivity contribution < 1.29 is 28.6 Å². The summed E-state index contributed by atoms with van der Waals surface area (Å²) in [7, 11) is 0. The largest absolute Gasteiger partial charge is 0.462 e. The molecular weight excluding hydrogens is 901 g/mol. The molecule has 0 fully saturated rings. The van der Waals surface area contributed by atoms with Gasteiger partial charge in [-0.2, -0.15) is 0 Å². The van der Waals surface area contributed by atoms with E-state index in [1.807, 2.05) is 0 Å². The molecule has 6 nitrogen and oxygen atoms in total. The molecule has 0 saturated carbocycles. The predicted molar refractivity (Wildman–Crippen MR) is 316 cm³/mol. The molecule has 0 radical (unpaired) electrons. The van der Waals surface area contributed by atoms with E-state index in [1.54, 1.807) is 0 Å². The van der Waals surface area contributed by atoms with Gasteiger partial charge >= 0.3 is 17.9 Å². The monoisotopic (exact) mass is 1020 g/mol. The highest BCUT2D eigenvalue weighted by molar-refractivity contribution is 5.71. The second-order valence-electron chi connectivity index (χ2n) is 22.0. The highest BCUT2D eigenvalue weighted by atomic mass is 16.6. The van der Waals surface area contributed by atoms with E-state index in [0.717, 1.165) is 70.6 Å². The molecule has 0 aromatic rings. The summed E-state index contributed by atoms with van der Waals surface area (Å²) < 4.78 is 16.8. The van der Waals surface area contributed by atoms with Gasteiger partial charge in [-0.05, 0) is 70.6 Å². The van der Waals surface area contributed by atoms with Gasteiger partial charge in [-0.15, -0.1) is 0 Å². The van der Waals surface area contributed by atoms with Gasteiger partial charge in [0.05, 0.1) is 0 Å². The maximum atomic E-state index is 12.8. The minimum absolute atomic E-state index is 0.0701. The number of rotatable bonds is 60.